The third kappa shape index (κ3) is 3.91. The fraction of sp³-hybridized carbons (Fsp3) is 0.833. The van der Waals surface area contributed by atoms with Crippen LogP contribution < -0.4 is 5.32 Å². The van der Waals surface area contributed by atoms with Crippen LogP contribution in [0.2, 0.25) is 0 Å². The fourth-order valence-electron chi connectivity index (χ4n) is 1.90. The summed E-state index contributed by atoms with van der Waals surface area (Å²) < 4.78 is 0. The normalized spacial score (nSPS) is 17.4. The van der Waals surface area contributed by atoms with Gasteiger partial charge < -0.3 is 15.3 Å². The standard InChI is InChI=1S/C12H22N2O3/c1-8(2)10(11(15)16)13-12(17)14(3)7-9-5-4-6-9/h8-10H,4-7H2,1-3H3,(H,13,17)(H,15,16). The summed E-state index contributed by atoms with van der Waals surface area (Å²) in [5, 5.41) is 11.5. The van der Waals surface area contributed by atoms with Crippen molar-refractivity contribution >= 4 is 12.0 Å². The molecule has 98 valence electrons. The molecule has 1 aliphatic carbocycles. The summed E-state index contributed by atoms with van der Waals surface area (Å²) in [4.78, 5) is 24.3. The molecule has 1 fully saturated rings. The molecule has 1 aliphatic rings. The minimum absolute atomic E-state index is 0.117. The summed E-state index contributed by atoms with van der Waals surface area (Å²) in [6, 6.07) is -1.11. The number of carboxylic acid groups (broad SMARTS) is 1. The van der Waals surface area contributed by atoms with E-state index in [-0.39, 0.29) is 11.9 Å². The van der Waals surface area contributed by atoms with Crippen molar-refractivity contribution in [3.05, 3.63) is 0 Å². The number of nitrogens with zero attached hydrogens (tertiary/aromatic N) is 1. The van der Waals surface area contributed by atoms with Gasteiger partial charge in [0.05, 0.1) is 0 Å². The number of carboxylic acids is 1. The number of carbonyl (C=O) groups excluding carboxylic acids is 1. The molecule has 0 spiro atoms. The second kappa shape index (κ2) is 5.89. The monoisotopic (exact) mass is 242 g/mol. The van der Waals surface area contributed by atoms with Crippen LogP contribution in [0.15, 0.2) is 0 Å². The predicted molar refractivity (Wildman–Crippen MR) is 64.8 cm³/mol. The highest BCUT2D eigenvalue weighted by atomic mass is 16.4. The van der Waals surface area contributed by atoms with E-state index in [1.165, 1.54) is 19.3 Å². The molecule has 0 bridgehead atoms. The van der Waals surface area contributed by atoms with Crippen molar-refractivity contribution in [2.75, 3.05) is 13.6 Å². The zero-order valence-corrected chi connectivity index (χ0v) is 10.8. The van der Waals surface area contributed by atoms with Gasteiger partial charge in [0.1, 0.15) is 6.04 Å². The van der Waals surface area contributed by atoms with E-state index in [1.54, 1.807) is 25.8 Å². The van der Waals surface area contributed by atoms with Gasteiger partial charge in [0.15, 0.2) is 0 Å². The fourth-order valence-corrected chi connectivity index (χ4v) is 1.90. The first-order valence-electron chi connectivity index (χ1n) is 6.16. The molecule has 0 heterocycles. The number of aliphatic carboxylic acids is 1. The Morgan fingerprint density at radius 3 is 2.35 bits per heavy atom. The quantitative estimate of drug-likeness (QED) is 0.768. The van der Waals surface area contributed by atoms with Gasteiger partial charge in [0.2, 0.25) is 0 Å². The maximum atomic E-state index is 11.8. The Morgan fingerprint density at radius 1 is 1.41 bits per heavy atom. The van der Waals surface area contributed by atoms with E-state index in [4.69, 9.17) is 5.11 Å². The number of hydrogen-bond acceptors (Lipinski definition) is 2. The molecule has 0 radical (unpaired) electrons. The predicted octanol–water partition coefficient (Wildman–Crippen LogP) is 1.54. The van der Waals surface area contributed by atoms with E-state index in [2.05, 4.69) is 5.32 Å². The molecule has 17 heavy (non-hydrogen) atoms. The minimum Gasteiger partial charge on any atom is -0.480 e. The first-order valence-corrected chi connectivity index (χ1v) is 6.16. The Hall–Kier alpha value is -1.26. The Balaban J connectivity index is 2.42. The van der Waals surface area contributed by atoms with Gasteiger partial charge in [-0.1, -0.05) is 20.3 Å². The Kier molecular flexibility index (Phi) is 4.78. The van der Waals surface area contributed by atoms with Crippen molar-refractivity contribution in [2.45, 2.75) is 39.2 Å². The summed E-state index contributed by atoms with van der Waals surface area (Å²) in [5.41, 5.74) is 0. The van der Waals surface area contributed by atoms with Gasteiger partial charge in [0, 0.05) is 13.6 Å². The van der Waals surface area contributed by atoms with Crippen LogP contribution in [0.1, 0.15) is 33.1 Å². The highest BCUT2D eigenvalue weighted by molar-refractivity contribution is 5.82. The lowest BCUT2D eigenvalue weighted by atomic mass is 9.85. The Morgan fingerprint density at radius 2 is 2.00 bits per heavy atom. The molecule has 0 saturated heterocycles. The third-order valence-corrected chi connectivity index (χ3v) is 3.32. The van der Waals surface area contributed by atoms with Gasteiger partial charge in [-0.05, 0) is 24.7 Å². The molecule has 0 aromatic heterocycles. The zero-order chi connectivity index (χ0) is 13.0. The Bertz CT molecular complexity index is 287. The van der Waals surface area contributed by atoms with Gasteiger partial charge >= 0.3 is 12.0 Å². The Labute approximate surface area is 102 Å². The molecule has 1 rings (SSSR count). The third-order valence-electron chi connectivity index (χ3n) is 3.32. The van der Waals surface area contributed by atoms with Gasteiger partial charge in [-0.15, -0.1) is 0 Å². The van der Waals surface area contributed by atoms with E-state index >= 15 is 0 Å². The average Bonchev–Trinajstić information content (AvgIpc) is 2.18. The topological polar surface area (TPSA) is 69.6 Å². The average molecular weight is 242 g/mol. The first-order chi connectivity index (χ1) is 7.91. The molecule has 5 nitrogen and oxygen atoms in total. The van der Waals surface area contributed by atoms with Crippen LogP contribution in [0.5, 0.6) is 0 Å². The van der Waals surface area contributed by atoms with Crippen molar-refractivity contribution < 1.29 is 14.7 Å². The summed E-state index contributed by atoms with van der Waals surface area (Å²) in [6.45, 7) is 4.28. The van der Waals surface area contributed by atoms with Crippen LogP contribution in [-0.4, -0.2) is 41.6 Å². The van der Waals surface area contributed by atoms with E-state index in [9.17, 15) is 9.59 Å². The van der Waals surface area contributed by atoms with Crippen molar-refractivity contribution in [1.82, 2.24) is 10.2 Å². The van der Waals surface area contributed by atoms with Crippen LogP contribution >= 0.6 is 0 Å². The molecule has 2 N–H and O–H groups in total. The van der Waals surface area contributed by atoms with E-state index in [0.717, 1.165) is 6.54 Å². The van der Waals surface area contributed by atoms with Gasteiger partial charge in [0.25, 0.3) is 0 Å². The summed E-state index contributed by atoms with van der Waals surface area (Å²) in [7, 11) is 1.72. The smallest absolute Gasteiger partial charge is 0.326 e. The van der Waals surface area contributed by atoms with E-state index in [1.807, 2.05) is 0 Å². The molecule has 0 aromatic rings. The maximum Gasteiger partial charge on any atom is 0.326 e. The summed E-state index contributed by atoms with van der Waals surface area (Å²) in [5.74, 6) is -0.507. The van der Waals surface area contributed by atoms with Crippen LogP contribution in [-0.2, 0) is 4.79 Å². The lowest BCUT2D eigenvalue weighted by molar-refractivity contribution is -0.140. The molecule has 1 unspecified atom stereocenters. The van der Waals surface area contributed by atoms with Crippen LogP contribution in [0, 0.1) is 11.8 Å². The summed E-state index contributed by atoms with van der Waals surface area (Å²) in [6.07, 6.45) is 3.58. The minimum atomic E-state index is -0.981. The highest BCUT2D eigenvalue weighted by Crippen LogP contribution is 2.26. The van der Waals surface area contributed by atoms with Crippen LogP contribution in [0.4, 0.5) is 4.79 Å². The molecule has 0 aliphatic heterocycles. The number of rotatable bonds is 5. The van der Waals surface area contributed by atoms with E-state index < -0.39 is 12.0 Å². The van der Waals surface area contributed by atoms with Gasteiger partial charge in [-0.3, -0.25) is 0 Å². The lowest BCUT2D eigenvalue weighted by Gasteiger charge is -2.31. The second-order valence-electron chi connectivity index (χ2n) is 5.19. The van der Waals surface area contributed by atoms with Crippen molar-refractivity contribution in [3.63, 3.8) is 0 Å². The molecule has 2 amide bonds. The van der Waals surface area contributed by atoms with Crippen molar-refractivity contribution in [3.8, 4) is 0 Å². The number of hydrogen-bond donors (Lipinski definition) is 2. The summed E-state index contributed by atoms with van der Waals surface area (Å²) >= 11 is 0. The first kappa shape index (κ1) is 13.8. The van der Waals surface area contributed by atoms with Gasteiger partial charge in [-0.25, -0.2) is 9.59 Å². The van der Waals surface area contributed by atoms with Crippen molar-refractivity contribution in [1.29, 1.82) is 0 Å². The van der Waals surface area contributed by atoms with Crippen LogP contribution in [0.25, 0.3) is 0 Å². The van der Waals surface area contributed by atoms with Crippen LogP contribution in [0.3, 0.4) is 0 Å². The number of nitrogens with one attached hydrogen (secondary N) is 1. The van der Waals surface area contributed by atoms with Crippen molar-refractivity contribution in [2.24, 2.45) is 11.8 Å². The molecular formula is C12H22N2O3. The molecular weight excluding hydrogens is 220 g/mol. The number of amides is 2. The molecule has 1 saturated carbocycles. The zero-order valence-electron chi connectivity index (χ0n) is 10.8. The maximum absolute atomic E-state index is 11.8. The van der Waals surface area contributed by atoms with Gasteiger partial charge in [-0.2, -0.15) is 0 Å². The molecule has 5 heteroatoms. The number of carbonyl (C=O) groups is 2. The molecule has 1 atom stereocenters. The highest BCUT2D eigenvalue weighted by Gasteiger charge is 2.26. The second-order valence-corrected chi connectivity index (χ2v) is 5.19. The van der Waals surface area contributed by atoms with E-state index in [0.29, 0.717) is 5.92 Å². The SMILES string of the molecule is CC(C)C(NC(=O)N(C)CC1CCC1)C(=O)O. The largest absolute Gasteiger partial charge is 0.480 e. The molecule has 0 aromatic carbocycles. The lowest BCUT2D eigenvalue weighted by Crippen LogP contribution is -2.50. The number of urea groups is 1.